The van der Waals surface area contributed by atoms with Gasteiger partial charge in [0, 0.05) is 13.1 Å². The highest BCUT2D eigenvalue weighted by Gasteiger charge is 2.06. The van der Waals surface area contributed by atoms with E-state index in [9.17, 15) is 4.79 Å². The number of hydrogen-bond donors (Lipinski definition) is 1. The maximum Gasteiger partial charge on any atom is 0.308 e. The van der Waals surface area contributed by atoms with Gasteiger partial charge in [0.1, 0.15) is 4.83 Å². The van der Waals surface area contributed by atoms with Gasteiger partial charge in [-0.05, 0) is 11.4 Å². The summed E-state index contributed by atoms with van der Waals surface area (Å²) in [6.45, 7) is 1.39. The number of aromatic nitrogens is 1. The summed E-state index contributed by atoms with van der Waals surface area (Å²) in [7, 11) is 0. The van der Waals surface area contributed by atoms with E-state index in [-0.39, 0.29) is 5.97 Å². The van der Waals surface area contributed by atoms with Crippen LogP contribution in [0.2, 0.25) is 0 Å². The number of thiophene rings is 1. The van der Waals surface area contributed by atoms with E-state index in [1.807, 2.05) is 11.4 Å². The van der Waals surface area contributed by atoms with Crippen LogP contribution in [0.3, 0.4) is 0 Å². The van der Waals surface area contributed by atoms with E-state index < -0.39 is 0 Å². The quantitative estimate of drug-likeness (QED) is 0.685. The van der Waals surface area contributed by atoms with Crippen LogP contribution >= 0.6 is 11.3 Å². The summed E-state index contributed by atoms with van der Waals surface area (Å²) in [6, 6.07) is 1.93. The fourth-order valence-corrected chi connectivity index (χ4v) is 1.83. The van der Waals surface area contributed by atoms with Crippen LogP contribution in [-0.2, 0) is 4.79 Å². The van der Waals surface area contributed by atoms with Crippen molar-refractivity contribution >= 4 is 27.5 Å². The Labute approximate surface area is 73.0 Å². The molecule has 0 amide bonds. The van der Waals surface area contributed by atoms with E-state index >= 15 is 0 Å². The lowest BCUT2D eigenvalue weighted by Crippen LogP contribution is -2.00. The van der Waals surface area contributed by atoms with Crippen molar-refractivity contribution in [1.82, 2.24) is 4.98 Å². The minimum Gasteiger partial charge on any atom is -0.424 e. The number of aromatic amines is 1. The van der Waals surface area contributed by atoms with Crippen LogP contribution in [0.4, 0.5) is 0 Å². The van der Waals surface area contributed by atoms with Crippen LogP contribution in [0, 0.1) is 0 Å². The van der Waals surface area contributed by atoms with Gasteiger partial charge in [0.2, 0.25) is 0 Å². The van der Waals surface area contributed by atoms with E-state index in [1.54, 1.807) is 17.5 Å². The number of H-pyrrole nitrogens is 1. The summed E-state index contributed by atoms with van der Waals surface area (Å²) in [5.41, 5.74) is 0. The maximum absolute atomic E-state index is 10.6. The second kappa shape index (κ2) is 2.64. The van der Waals surface area contributed by atoms with Crippen molar-refractivity contribution in [1.29, 1.82) is 0 Å². The molecule has 0 unspecified atom stereocenters. The molecule has 0 saturated heterocycles. The number of fused-ring (bicyclic) bond motifs is 1. The Morgan fingerprint density at radius 1 is 1.67 bits per heavy atom. The average molecular weight is 181 g/mol. The normalized spacial score (nSPS) is 10.4. The molecule has 0 aliphatic heterocycles. The molecule has 0 saturated carbocycles. The largest absolute Gasteiger partial charge is 0.424 e. The van der Waals surface area contributed by atoms with Crippen LogP contribution in [0.5, 0.6) is 5.75 Å². The number of rotatable bonds is 1. The van der Waals surface area contributed by atoms with E-state index in [0.717, 1.165) is 10.2 Å². The molecule has 2 rings (SSSR count). The van der Waals surface area contributed by atoms with Crippen LogP contribution < -0.4 is 4.74 Å². The third kappa shape index (κ3) is 1.10. The molecule has 2 aromatic heterocycles. The smallest absolute Gasteiger partial charge is 0.308 e. The zero-order valence-corrected chi connectivity index (χ0v) is 7.27. The summed E-state index contributed by atoms with van der Waals surface area (Å²) in [6.07, 6.45) is 1.70. The molecule has 0 aliphatic carbocycles. The molecule has 62 valence electrons. The first-order valence-electron chi connectivity index (χ1n) is 3.50. The van der Waals surface area contributed by atoms with Crippen molar-refractivity contribution in [2.45, 2.75) is 6.92 Å². The fraction of sp³-hybridized carbons (Fsp3) is 0.125. The summed E-state index contributed by atoms with van der Waals surface area (Å²) in [5, 5.41) is 2.92. The lowest BCUT2D eigenvalue weighted by molar-refractivity contribution is -0.131. The minimum atomic E-state index is -0.290. The first-order valence-corrected chi connectivity index (χ1v) is 4.38. The van der Waals surface area contributed by atoms with E-state index in [0.29, 0.717) is 5.75 Å². The number of hydrogen-bond acceptors (Lipinski definition) is 3. The highest BCUT2D eigenvalue weighted by atomic mass is 32.1. The van der Waals surface area contributed by atoms with Gasteiger partial charge >= 0.3 is 5.97 Å². The fourth-order valence-electron chi connectivity index (χ4n) is 1.06. The molecule has 12 heavy (non-hydrogen) atoms. The topological polar surface area (TPSA) is 42.1 Å². The highest BCUT2D eigenvalue weighted by molar-refractivity contribution is 7.16. The molecule has 4 heteroatoms. The number of ether oxygens (including phenoxy) is 1. The predicted octanol–water partition coefficient (Wildman–Crippen LogP) is 2.15. The van der Waals surface area contributed by atoms with Crippen LogP contribution in [0.25, 0.3) is 10.2 Å². The minimum absolute atomic E-state index is 0.290. The van der Waals surface area contributed by atoms with Crippen molar-refractivity contribution in [2.24, 2.45) is 0 Å². The molecule has 0 aromatic carbocycles. The van der Waals surface area contributed by atoms with E-state index in [2.05, 4.69) is 4.98 Å². The lowest BCUT2D eigenvalue weighted by Gasteiger charge is -1.94. The van der Waals surface area contributed by atoms with Gasteiger partial charge in [0.05, 0.1) is 5.39 Å². The Kier molecular flexibility index (Phi) is 1.62. The first kappa shape index (κ1) is 7.36. The molecule has 0 atom stereocenters. The standard InChI is InChI=1S/C8H7NO2S/c1-5(10)11-7-4-9-8-6(7)2-3-12-8/h2-4,9H,1H3. The van der Waals surface area contributed by atoms with Crippen LogP contribution in [0.1, 0.15) is 6.92 Å². The van der Waals surface area contributed by atoms with Crippen molar-refractivity contribution in [3.8, 4) is 5.75 Å². The molecule has 0 spiro atoms. The predicted molar refractivity (Wildman–Crippen MR) is 47.5 cm³/mol. The van der Waals surface area contributed by atoms with Crippen LogP contribution in [0.15, 0.2) is 17.6 Å². The zero-order valence-electron chi connectivity index (χ0n) is 6.46. The number of carbonyl (C=O) groups is 1. The SMILES string of the molecule is CC(=O)Oc1c[nH]c2sccc12. The summed E-state index contributed by atoms with van der Waals surface area (Å²) in [4.78, 5) is 14.7. The van der Waals surface area contributed by atoms with Gasteiger partial charge in [-0.2, -0.15) is 0 Å². The number of esters is 1. The third-order valence-corrected chi connectivity index (χ3v) is 2.36. The molecular formula is C8H7NO2S. The van der Waals surface area contributed by atoms with E-state index in [4.69, 9.17) is 4.74 Å². The van der Waals surface area contributed by atoms with Gasteiger partial charge in [-0.1, -0.05) is 0 Å². The molecule has 3 nitrogen and oxygen atoms in total. The third-order valence-electron chi connectivity index (χ3n) is 1.52. The highest BCUT2D eigenvalue weighted by Crippen LogP contribution is 2.29. The molecular weight excluding hydrogens is 174 g/mol. The molecule has 0 fully saturated rings. The Balaban J connectivity index is 2.47. The second-order valence-corrected chi connectivity index (χ2v) is 3.33. The monoisotopic (exact) mass is 181 g/mol. The van der Waals surface area contributed by atoms with Gasteiger partial charge < -0.3 is 9.72 Å². The van der Waals surface area contributed by atoms with E-state index in [1.165, 1.54) is 6.92 Å². The van der Waals surface area contributed by atoms with Crippen molar-refractivity contribution in [3.05, 3.63) is 17.6 Å². The molecule has 0 radical (unpaired) electrons. The van der Waals surface area contributed by atoms with Crippen molar-refractivity contribution in [2.75, 3.05) is 0 Å². The molecule has 0 aliphatic rings. The van der Waals surface area contributed by atoms with Gasteiger partial charge in [0.25, 0.3) is 0 Å². The molecule has 0 bridgehead atoms. The number of nitrogens with one attached hydrogen (secondary N) is 1. The molecule has 1 N–H and O–H groups in total. The van der Waals surface area contributed by atoms with Crippen molar-refractivity contribution < 1.29 is 9.53 Å². The van der Waals surface area contributed by atoms with Gasteiger partial charge in [-0.3, -0.25) is 4.79 Å². The Morgan fingerprint density at radius 3 is 3.25 bits per heavy atom. The maximum atomic E-state index is 10.6. The Bertz CT molecular complexity index is 415. The summed E-state index contributed by atoms with van der Waals surface area (Å²) in [5.74, 6) is 0.320. The van der Waals surface area contributed by atoms with Crippen molar-refractivity contribution in [3.63, 3.8) is 0 Å². The Hall–Kier alpha value is -1.29. The van der Waals surface area contributed by atoms with Gasteiger partial charge in [-0.25, -0.2) is 0 Å². The van der Waals surface area contributed by atoms with Gasteiger partial charge in [0.15, 0.2) is 5.75 Å². The first-order chi connectivity index (χ1) is 5.77. The average Bonchev–Trinajstić information content (AvgIpc) is 2.52. The summed E-state index contributed by atoms with van der Waals surface area (Å²) >= 11 is 1.59. The zero-order chi connectivity index (χ0) is 8.55. The second-order valence-electron chi connectivity index (χ2n) is 2.41. The Morgan fingerprint density at radius 2 is 2.50 bits per heavy atom. The number of carbonyl (C=O) groups excluding carboxylic acids is 1. The van der Waals surface area contributed by atoms with Gasteiger partial charge in [-0.15, -0.1) is 11.3 Å². The van der Waals surface area contributed by atoms with Crippen LogP contribution in [-0.4, -0.2) is 11.0 Å². The molecule has 2 aromatic rings. The lowest BCUT2D eigenvalue weighted by atomic mass is 10.4. The summed E-state index contributed by atoms with van der Waals surface area (Å²) < 4.78 is 4.96. The molecule has 2 heterocycles.